The quantitative estimate of drug-likeness (QED) is 0.829. The van der Waals surface area contributed by atoms with E-state index in [4.69, 9.17) is 46.4 Å². The van der Waals surface area contributed by atoms with Crippen molar-refractivity contribution in [1.82, 2.24) is 9.97 Å². The lowest BCUT2D eigenvalue weighted by Gasteiger charge is -2.09. The summed E-state index contributed by atoms with van der Waals surface area (Å²) in [6.45, 7) is 0. The van der Waals surface area contributed by atoms with E-state index in [-0.39, 0.29) is 30.9 Å². The summed E-state index contributed by atoms with van der Waals surface area (Å²) in [5, 5.41) is 0.376. The van der Waals surface area contributed by atoms with E-state index in [1.165, 1.54) is 18.3 Å². The molecule has 0 amide bonds. The van der Waals surface area contributed by atoms with Crippen molar-refractivity contribution in [3.05, 3.63) is 44.7 Å². The zero-order valence-electron chi connectivity index (χ0n) is 9.44. The fraction of sp³-hybridized carbons (Fsp3) is 0. The number of hydrogen-bond donors (Lipinski definition) is 1. The van der Waals surface area contributed by atoms with E-state index >= 15 is 0 Å². The van der Waals surface area contributed by atoms with Gasteiger partial charge in [0, 0.05) is 12.4 Å². The molecule has 0 fully saturated rings. The van der Waals surface area contributed by atoms with Gasteiger partial charge in [-0.3, -0.25) is 4.72 Å². The fourth-order valence-corrected chi connectivity index (χ4v) is 3.04. The number of pyridine rings is 2. The maximum absolute atomic E-state index is 12.1. The minimum Gasteiger partial charge on any atom is -0.262 e. The van der Waals surface area contributed by atoms with Crippen LogP contribution in [0.25, 0.3) is 0 Å². The van der Waals surface area contributed by atoms with Crippen LogP contribution in [0.2, 0.25) is 20.2 Å². The predicted octanol–water partition coefficient (Wildman–Crippen LogP) is 3.89. The Hall–Kier alpha value is -0.790. The van der Waals surface area contributed by atoms with Crippen LogP contribution in [-0.4, -0.2) is 18.4 Å². The molecule has 2 heterocycles. The number of aromatic nitrogens is 2. The van der Waals surface area contributed by atoms with E-state index in [1.807, 2.05) is 0 Å². The Morgan fingerprint density at radius 2 is 1.65 bits per heavy atom. The van der Waals surface area contributed by atoms with E-state index in [9.17, 15) is 8.42 Å². The van der Waals surface area contributed by atoms with Crippen LogP contribution in [-0.2, 0) is 10.0 Å². The minimum absolute atomic E-state index is 0.00765. The van der Waals surface area contributed by atoms with Crippen molar-refractivity contribution in [2.24, 2.45) is 0 Å². The predicted molar refractivity (Wildman–Crippen MR) is 79.3 cm³/mol. The normalized spacial score (nSPS) is 11.4. The Morgan fingerprint density at radius 1 is 0.950 bits per heavy atom. The minimum atomic E-state index is -3.93. The lowest BCUT2D eigenvalue weighted by atomic mass is 10.5. The van der Waals surface area contributed by atoms with Crippen LogP contribution in [0.1, 0.15) is 0 Å². The molecule has 0 spiro atoms. The van der Waals surface area contributed by atoms with E-state index in [0.29, 0.717) is 0 Å². The molecule has 5 nitrogen and oxygen atoms in total. The van der Waals surface area contributed by atoms with Crippen molar-refractivity contribution in [3.63, 3.8) is 0 Å². The molecule has 2 rings (SSSR count). The topological polar surface area (TPSA) is 72.0 Å². The van der Waals surface area contributed by atoms with Gasteiger partial charge in [-0.2, -0.15) is 0 Å². The molecule has 2 aromatic heterocycles. The van der Waals surface area contributed by atoms with Crippen LogP contribution in [0.5, 0.6) is 0 Å². The van der Waals surface area contributed by atoms with E-state index in [2.05, 4.69) is 14.7 Å². The summed E-state index contributed by atoms with van der Waals surface area (Å²) in [6.07, 6.45) is 2.33. The first-order valence-corrected chi connectivity index (χ1v) is 7.94. The Kier molecular flexibility index (Phi) is 4.61. The maximum Gasteiger partial charge on any atom is 0.264 e. The number of rotatable bonds is 3. The number of sulfonamides is 1. The number of nitrogens with one attached hydrogen (secondary N) is 1. The van der Waals surface area contributed by atoms with E-state index in [1.54, 1.807) is 0 Å². The molecule has 0 radical (unpaired) electrons. The molecule has 0 aliphatic heterocycles. The maximum atomic E-state index is 12.1. The van der Waals surface area contributed by atoms with Crippen molar-refractivity contribution in [2.75, 3.05) is 4.72 Å². The van der Waals surface area contributed by atoms with Gasteiger partial charge in [0.05, 0.1) is 15.1 Å². The van der Waals surface area contributed by atoms with Crippen molar-refractivity contribution < 1.29 is 8.42 Å². The van der Waals surface area contributed by atoms with Crippen LogP contribution >= 0.6 is 46.4 Å². The standard InChI is InChI=1S/C10H5Cl4N3O2S/c11-5-1-8(13)10(16-3-5)17-20(18,19)6-2-7(12)9(14)15-4-6/h1-4H,(H,16,17). The second-order valence-electron chi connectivity index (χ2n) is 3.53. The summed E-state index contributed by atoms with van der Waals surface area (Å²) in [4.78, 5) is 7.29. The third-order valence-corrected chi connectivity index (χ3v) is 4.61. The summed E-state index contributed by atoms with van der Waals surface area (Å²) in [6, 6.07) is 2.53. The van der Waals surface area contributed by atoms with Crippen LogP contribution < -0.4 is 4.72 Å². The van der Waals surface area contributed by atoms with Gasteiger partial charge >= 0.3 is 0 Å². The summed E-state index contributed by atoms with van der Waals surface area (Å²) in [7, 11) is -3.93. The van der Waals surface area contributed by atoms with Crippen LogP contribution in [0.15, 0.2) is 29.4 Å². The molecule has 0 bridgehead atoms. The molecular weight excluding hydrogens is 368 g/mol. The molecule has 0 atom stereocenters. The van der Waals surface area contributed by atoms with Gasteiger partial charge in [0.15, 0.2) is 5.82 Å². The molecule has 1 N–H and O–H groups in total. The first kappa shape index (κ1) is 15.6. The third kappa shape index (κ3) is 3.45. The van der Waals surface area contributed by atoms with Crippen molar-refractivity contribution in [2.45, 2.75) is 4.90 Å². The van der Waals surface area contributed by atoms with Gasteiger partial charge in [0.25, 0.3) is 10.0 Å². The van der Waals surface area contributed by atoms with Gasteiger partial charge in [-0.25, -0.2) is 18.4 Å². The average Bonchev–Trinajstić information content (AvgIpc) is 2.36. The van der Waals surface area contributed by atoms with Crippen molar-refractivity contribution in [3.8, 4) is 0 Å². The number of anilines is 1. The molecule has 10 heteroatoms. The van der Waals surface area contributed by atoms with Gasteiger partial charge in [-0.05, 0) is 12.1 Å². The van der Waals surface area contributed by atoms with Gasteiger partial charge in [-0.15, -0.1) is 0 Å². The summed E-state index contributed by atoms with van der Waals surface area (Å²) < 4.78 is 26.4. The smallest absolute Gasteiger partial charge is 0.262 e. The lowest BCUT2D eigenvalue weighted by Crippen LogP contribution is -2.14. The van der Waals surface area contributed by atoms with Crippen LogP contribution in [0.4, 0.5) is 5.82 Å². The third-order valence-electron chi connectivity index (χ3n) is 2.12. The molecular formula is C10H5Cl4N3O2S. The molecule has 106 valence electrons. The average molecular weight is 373 g/mol. The molecule has 0 saturated carbocycles. The Balaban J connectivity index is 2.38. The highest BCUT2D eigenvalue weighted by Crippen LogP contribution is 2.27. The number of hydrogen-bond acceptors (Lipinski definition) is 4. The fourth-order valence-electron chi connectivity index (χ4n) is 1.23. The van der Waals surface area contributed by atoms with Crippen molar-refractivity contribution >= 4 is 62.2 Å². The molecule has 2 aromatic rings. The Labute approximate surface area is 134 Å². The zero-order chi connectivity index (χ0) is 14.9. The summed E-state index contributed by atoms with van der Waals surface area (Å²) >= 11 is 22.9. The second-order valence-corrected chi connectivity index (χ2v) is 6.82. The Bertz CT molecular complexity index is 767. The van der Waals surface area contributed by atoms with Crippen molar-refractivity contribution in [1.29, 1.82) is 0 Å². The number of nitrogens with zero attached hydrogens (tertiary/aromatic N) is 2. The monoisotopic (exact) mass is 371 g/mol. The summed E-state index contributed by atoms with van der Waals surface area (Å²) in [5.74, 6) is -0.0536. The van der Waals surface area contributed by atoms with Gasteiger partial charge in [-0.1, -0.05) is 46.4 Å². The number of halogens is 4. The van der Waals surface area contributed by atoms with Gasteiger partial charge in [0.1, 0.15) is 10.0 Å². The van der Waals surface area contributed by atoms with E-state index < -0.39 is 10.0 Å². The lowest BCUT2D eigenvalue weighted by molar-refractivity contribution is 0.600. The highest BCUT2D eigenvalue weighted by atomic mass is 35.5. The highest BCUT2D eigenvalue weighted by molar-refractivity contribution is 7.92. The second kappa shape index (κ2) is 5.91. The molecule has 0 aromatic carbocycles. The SMILES string of the molecule is O=S(=O)(Nc1ncc(Cl)cc1Cl)c1cnc(Cl)c(Cl)c1. The summed E-state index contributed by atoms with van der Waals surface area (Å²) in [5.41, 5.74) is 0. The zero-order valence-corrected chi connectivity index (χ0v) is 13.3. The molecule has 0 aliphatic rings. The van der Waals surface area contributed by atoms with Gasteiger partial charge < -0.3 is 0 Å². The molecule has 0 saturated heterocycles. The van der Waals surface area contributed by atoms with Gasteiger partial charge in [0.2, 0.25) is 0 Å². The van der Waals surface area contributed by atoms with E-state index in [0.717, 1.165) is 6.20 Å². The first-order chi connectivity index (χ1) is 9.29. The molecule has 0 unspecified atom stereocenters. The molecule has 0 aliphatic carbocycles. The van der Waals surface area contributed by atoms with Crippen LogP contribution in [0.3, 0.4) is 0 Å². The largest absolute Gasteiger partial charge is 0.264 e. The first-order valence-electron chi connectivity index (χ1n) is 4.94. The highest BCUT2D eigenvalue weighted by Gasteiger charge is 2.18. The Morgan fingerprint density at radius 3 is 2.25 bits per heavy atom. The van der Waals surface area contributed by atoms with Crippen LogP contribution in [0, 0.1) is 0 Å². The molecule has 20 heavy (non-hydrogen) atoms.